The highest BCUT2D eigenvalue weighted by Gasteiger charge is 2.18. The zero-order valence-electron chi connectivity index (χ0n) is 12.5. The van der Waals surface area contributed by atoms with Crippen LogP contribution in [0, 0.1) is 6.92 Å². The number of H-pyrrole nitrogens is 1. The first kappa shape index (κ1) is 15.0. The first-order chi connectivity index (χ1) is 10.5. The molecule has 22 heavy (non-hydrogen) atoms. The van der Waals surface area contributed by atoms with Crippen LogP contribution in [-0.2, 0) is 11.3 Å². The standard InChI is InChI=1S/C15H19N3O3S/c1-9-7-11-13(22-9)17-15(21)18(14(11)20)8-12(19)16-10-5-3-2-4-6-10/h7,10H,2-6,8H2,1H3,(H,16,19)(H,17,21). The third kappa shape index (κ3) is 2.99. The fourth-order valence-corrected chi connectivity index (χ4v) is 3.87. The Morgan fingerprint density at radius 1 is 1.36 bits per heavy atom. The molecule has 1 fully saturated rings. The number of hydrogen-bond acceptors (Lipinski definition) is 4. The first-order valence-corrected chi connectivity index (χ1v) is 8.39. The maximum absolute atomic E-state index is 12.4. The molecule has 7 heteroatoms. The molecule has 0 aliphatic heterocycles. The zero-order valence-corrected chi connectivity index (χ0v) is 13.3. The number of fused-ring (bicyclic) bond motifs is 1. The zero-order chi connectivity index (χ0) is 15.7. The van der Waals surface area contributed by atoms with Gasteiger partial charge in [-0.05, 0) is 25.8 Å². The number of nitrogens with one attached hydrogen (secondary N) is 2. The van der Waals surface area contributed by atoms with Crippen molar-refractivity contribution in [1.29, 1.82) is 0 Å². The van der Waals surface area contributed by atoms with Gasteiger partial charge >= 0.3 is 5.69 Å². The summed E-state index contributed by atoms with van der Waals surface area (Å²) in [5.74, 6) is -0.272. The molecule has 0 spiro atoms. The SMILES string of the molecule is Cc1cc2c(=O)n(CC(=O)NC3CCCCC3)c(=O)[nH]c2s1. The van der Waals surface area contributed by atoms with Crippen LogP contribution >= 0.6 is 11.3 Å². The van der Waals surface area contributed by atoms with Gasteiger partial charge in [-0.15, -0.1) is 11.3 Å². The molecule has 1 aliphatic rings. The van der Waals surface area contributed by atoms with E-state index in [1.807, 2.05) is 6.92 Å². The second-order valence-corrected chi connectivity index (χ2v) is 7.08. The van der Waals surface area contributed by atoms with Crippen LogP contribution in [0.15, 0.2) is 15.7 Å². The summed E-state index contributed by atoms with van der Waals surface area (Å²) in [5, 5.41) is 3.39. The molecular formula is C15H19N3O3S. The molecule has 6 nitrogen and oxygen atoms in total. The number of amides is 1. The summed E-state index contributed by atoms with van der Waals surface area (Å²) < 4.78 is 0.979. The van der Waals surface area contributed by atoms with Crippen molar-refractivity contribution in [2.24, 2.45) is 0 Å². The minimum Gasteiger partial charge on any atom is -0.352 e. The lowest BCUT2D eigenvalue weighted by molar-refractivity contribution is -0.122. The van der Waals surface area contributed by atoms with Gasteiger partial charge in [-0.1, -0.05) is 19.3 Å². The van der Waals surface area contributed by atoms with Gasteiger partial charge in [-0.3, -0.25) is 19.1 Å². The predicted octanol–water partition coefficient (Wildman–Crippen LogP) is 1.51. The number of thiophene rings is 1. The number of aryl methyl sites for hydroxylation is 1. The third-order valence-corrected chi connectivity index (χ3v) is 5.03. The lowest BCUT2D eigenvalue weighted by atomic mass is 9.95. The Balaban J connectivity index is 1.82. The maximum Gasteiger partial charge on any atom is 0.329 e. The fraction of sp³-hybridized carbons (Fsp3) is 0.533. The molecule has 2 N–H and O–H groups in total. The van der Waals surface area contributed by atoms with E-state index >= 15 is 0 Å². The summed E-state index contributed by atoms with van der Waals surface area (Å²) in [6, 6.07) is 1.91. The molecule has 3 rings (SSSR count). The summed E-state index contributed by atoms with van der Waals surface area (Å²) in [6.45, 7) is 1.65. The van der Waals surface area contributed by atoms with Gasteiger partial charge in [0, 0.05) is 10.9 Å². The Hall–Kier alpha value is -1.89. The van der Waals surface area contributed by atoms with Crippen LogP contribution in [0.1, 0.15) is 37.0 Å². The molecule has 1 amide bonds. The van der Waals surface area contributed by atoms with E-state index in [0.29, 0.717) is 10.2 Å². The Kier molecular flexibility index (Phi) is 4.15. The van der Waals surface area contributed by atoms with E-state index in [-0.39, 0.29) is 18.5 Å². The number of aromatic nitrogens is 2. The van der Waals surface area contributed by atoms with Crippen molar-refractivity contribution in [3.8, 4) is 0 Å². The summed E-state index contributed by atoms with van der Waals surface area (Å²) in [7, 11) is 0. The molecule has 0 saturated heterocycles. The number of hydrogen-bond donors (Lipinski definition) is 2. The highest BCUT2D eigenvalue weighted by Crippen LogP contribution is 2.19. The highest BCUT2D eigenvalue weighted by atomic mass is 32.1. The minimum absolute atomic E-state index is 0.170. The number of aromatic amines is 1. The van der Waals surface area contributed by atoms with Gasteiger partial charge in [0.15, 0.2) is 0 Å². The Morgan fingerprint density at radius 3 is 2.82 bits per heavy atom. The second kappa shape index (κ2) is 6.08. The van der Waals surface area contributed by atoms with Gasteiger partial charge in [0.05, 0.1) is 5.39 Å². The van der Waals surface area contributed by atoms with Crippen molar-refractivity contribution in [3.63, 3.8) is 0 Å². The van der Waals surface area contributed by atoms with E-state index in [0.717, 1.165) is 35.1 Å². The lowest BCUT2D eigenvalue weighted by Gasteiger charge is -2.22. The fourth-order valence-electron chi connectivity index (χ4n) is 2.98. The highest BCUT2D eigenvalue weighted by molar-refractivity contribution is 7.18. The van der Waals surface area contributed by atoms with E-state index in [1.54, 1.807) is 6.07 Å². The van der Waals surface area contributed by atoms with Gasteiger partial charge in [-0.25, -0.2) is 4.79 Å². The smallest absolute Gasteiger partial charge is 0.329 e. The Labute approximate surface area is 131 Å². The van der Waals surface area contributed by atoms with Crippen LogP contribution in [0.3, 0.4) is 0 Å². The average Bonchev–Trinajstić information content (AvgIpc) is 2.85. The molecule has 2 heterocycles. The molecular weight excluding hydrogens is 302 g/mol. The Morgan fingerprint density at radius 2 is 2.09 bits per heavy atom. The monoisotopic (exact) mass is 321 g/mol. The van der Waals surface area contributed by atoms with Crippen molar-refractivity contribution in [2.45, 2.75) is 51.6 Å². The maximum atomic E-state index is 12.4. The van der Waals surface area contributed by atoms with Gasteiger partial charge < -0.3 is 5.32 Å². The van der Waals surface area contributed by atoms with Crippen molar-refractivity contribution in [1.82, 2.24) is 14.9 Å². The van der Waals surface area contributed by atoms with Crippen LogP contribution < -0.4 is 16.6 Å². The normalized spacial score (nSPS) is 16.0. The van der Waals surface area contributed by atoms with E-state index in [2.05, 4.69) is 10.3 Å². The Bertz CT molecular complexity index is 812. The molecule has 0 aromatic carbocycles. The van der Waals surface area contributed by atoms with Crippen LogP contribution in [0.4, 0.5) is 0 Å². The third-order valence-electron chi connectivity index (χ3n) is 4.07. The minimum atomic E-state index is -0.529. The van der Waals surface area contributed by atoms with Crippen LogP contribution in [0.5, 0.6) is 0 Å². The van der Waals surface area contributed by atoms with Gasteiger partial charge in [0.1, 0.15) is 11.4 Å². The number of carbonyl (C=O) groups is 1. The van der Waals surface area contributed by atoms with Crippen molar-refractivity contribution >= 4 is 27.5 Å². The van der Waals surface area contributed by atoms with E-state index < -0.39 is 11.2 Å². The molecule has 1 aliphatic carbocycles. The van der Waals surface area contributed by atoms with Crippen molar-refractivity contribution in [2.75, 3.05) is 0 Å². The lowest BCUT2D eigenvalue weighted by Crippen LogP contribution is -2.43. The largest absolute Gasteiger partial charge is 0.352 e. The topological polar surface area (TPSA) is 84.0 Å². The quantitative estimate of drug-likeness (QED) is 0.899. The average molecular weight is 321 g/mol. The number of rotatable bonds is 3. The van der Waals surface area contributed by atoms with Crippen LogP contribution in [-0.4, -0.2) is 21.5 Å². The predicted molar refractivity (Wildman–Crippen MR) is 86.5 cm³/mol. The van der Waals surface area contributed by atoms with Gasteiger partial charge in [-0.2, -0.15) is 0 Å². The van der Waals surface area contributed by atoms with Gasteiger partial charge in [0.2, 0.25) is 5.91 Å². The van der Waals surface area contributed by atoms with E-state index in [4.69, 9.17) is 0 Å². The first-order valence-electron chi connectivity index (χ1n) is 7.57. The number of nitrogens with zero attached hydrogens (tertiary/aromatic N) is 1. The van der Waals surface area contributed by atoms with E-state index in [1.165, 1.54) is 17.8 Å². The van der Waals surface area contributed by atoms with Crippen LogP contribution in [0.25, 0.3) is 10.2 Å². The van der Waals surface area contributed by atoms with E-state index in [9.17, 15) is 14.4 Å². The summed E-state index contributed by atoms with van der Waals surface area (Å²) in [4.78, 5) is 40.7. The molecule has 1 saturated carbocycles. The molecule has 0 atom stereocenters. The molecule has 2 aromatic rings. The molecule has 118 valence electrons. The van der Waals surface area contributed by atoms with Crippen molar-refractivity contribution in [3.05, 3.63) is 31.8 Å². The molecule has 0 radical (unpaired) electrons. The second-order valence-electron chi connectivity index (χ2n) is 5.82. The van der Waals surface area contributed by atoms with Gasteiger partial charge in [0.25, 0.3) is 5.56 Å². The molecule has 0 unspecified atom stereocenters. The number of carbonyl (C=O) groups excluding carboxylic acids is 1. The molecule has 0 bridgehead atoms. The van der Waals surface area contributed by atoms with Crippen molar-refractivity contribution < 1.29 is 4.79 Å². The summed E-state index contributed by atoms with van der Waals surface area (Å²) >= 11 is 1.37. The summed E-state index contributed by atoms with van der Waals surface area (Å²) in [6.07, 6.45) is 5.39. The molecule has 2 aromatic heterocycles. The van der Waals surface area contributed by atoms with Crippen LogP contribution in [0.2, 0.25) is 0 Å². The summed E-state index contributed by atoms with van der Waals surface area (Å²) in [5.41, 5.74) is -0.931.